The average molecular weight is 343 g/mol. The number of benzene rings is 2. The Morgan fingerprint density at radius 3 is 2.29 bits per heavy atom. The van der Waals surface area contributed by atoms with Gasteiger partial charge in [0.25, 0.3) is 0 Å². The Bertz CT molecular complexity index is 662. The van der Waals surface area contributed by atoms with Crippen molar-refractivity contribution in [2.24, 2.45) is 0 Å². The van der Waals surface area contributed by atoms with E-state index in [1.807, 2.05) is 45.0 Å². The number of aryl methyl sites for hydroxylation is 3. The summed E-state index contributed by atoms with van der Waals surface area (Å²) in [5.74, 6) is 0.883. The van der Waals surface area contributed by atoms with Gasteiger partial charge >= 0.3 is 0 Å². The Morgan fingerprint density at radius 2 is 1.67 bits per heavy atom. The second-order valence-corrected chi connectivity index (χ2v) is 7.45. The minimum absolute atomic E-state index is 0.0320. The van der Waals surface area contributed by atoms with E-state index in [0.29, 0.717) is 13.2 Å². The maximum atomic E-state index is 12.1. The number of carbonyl (C=O) groups excluding carboxylic acids is 1. The van der Waals surface area contributed by atoms with Gasteiger partial charge in [0.15, 0.2) is 0 Å². The molecule has 0 aliphatic carbocycles. The van der Waals surface area contributed by atoms with Gasteiger partial charge in [0.1, 0.15) is 12.4 Å². The van der Waals surface area contributed by atoms with E-state index in [2.05, 4.69) is 30.4 Å². The number of carbonyl (C=O) groups is 1. The smallest absolute Gasteiger partial charge is 0.233 e. The number of hydrogen-bond donors (Lipinski definition) is 1. The maximum Gasteiger partial charge on any atom is 0.233 e. The van der Waals surface area contributed by atoms with Crippen molar-refractivity contribution in [3.05, 3.63) is 59.2 Å². The highest BCUT2D eigenvalue weighted by Crippen LogP contribution is 2.23. The normalized spacial score (nSPS) is 11.8. The zero-order valence-electron chi connectivity index (χ0n) is 14.8. The third-order valence-corrected chi connectivity index (χ3v) is 4.68. The van der Waals surface area contributed by atoms with Crippen LogP contribution in [0.4, 0.5) is 0 Å². The molecule has 0 saturated carbocycles. The second kappa shape index (κ2) is 8.78. The van der Waals surface area contributed by atoms with Crippen LogP contribution in [-0.4, -0.2) is 24.3 Å². The lowest BCUT2D eigenvalue weighted by atomic mass is 10.1. The molecule has 2 aromatic carbocycles. The summed E-state index contributed by atoms with van der Waals surface area (Å²) in [4.78, 5) is 13.3. The van der Waals surface area contributed by atoms with Gasteiger partial charge in [0, 0.05) is 4.90 Å². The molecular formula is C20H25NO2S. The summed E-state index contributed by atoms with van der Waals surface area (Å²) >= 11 is 1.57. The van der Waals surface area contributed by atoms with Crippen molar-refractivity contribution in [2.75, 3.05) is 13.2 Å². The molecule has 1 N–H and O–H groups in total. The summed E-state index contributed by atoms with van der Waals surface area (Å²) in [6, 6.07) is 14.3. The van der Waals surface area contributed by atoms with E-state index in [1.165, 1.54) is 16.7 Å². The van der Waals surface area contributed by atoms with Crippen LogP contribution in [0.5, 0.6) is 5.75 Å². The van der Waals surface area contributed by atoms with E-state index in [4.69, 9.17) is 4.74 Å². The first-order valence-electron chi connectivity index (χ1n) is 8.16. The average Bonchev–Trinajstić information content (AvgIpc) is 2.52. The van der Waals surface area contributed by atoms with Crippen molar-refractivity contribution in [1.82, 2.24) is 5.32 Å². The molecule has 1 amide bonds. The predicted octanol–water partition coefficient (Wildman–Crippen LogP) is 4.29. The zero-order valence-corrected chi connectivity index (χ0v) is 15.6. The Morgan fingerprint density at radius 1 is 1.04 bits per heavy atom. The van der Waals surface area contributed by atoms with Gasteiger partial charge in [-0.05, 0) is 63.1 Å². The third kappa shape index (κ3) is 5.93. The van der Waals surface area contributed by atoms with E-state index in [1.54, 1.807) is 11.8 Å². The fourth-order valence-corrected chi connectivity index (χ4v) is 3.27. The van der Waals surface area contributed by atoms with E-state index in [-0.39, 0.29) is 11.2 Å². The highest BCUT2D eigenvalue weighted by atomic mass is 32.2. The topological polar surface area (TPSA) is 38.3 Å². The van der Waals surface area contributed by atoms with E-state index >= 15 is 0 Å². The molecule has 1 atom stereocenters. The van der Waals surface area contributed by atoms with Crippen molar-refractivity contribution in [3.8, 4) is 5.75 Å². The summed E-state index contributed by atoms with van der Waals surface area (Å²) in [6.45, 7) is 9.04. The van der Waals surface area contributed by atoms with Gasteiger partial charge in [-0.3, -0.25) is 4.79 Å². The lowest BCUT2D eigenvalue weighted by molar-refractivity contribution is -0.120. The van der Waals surface area contributed by atoms with Gasteiger partial charge < -0.3 is 10.1 Å². The molecule has 0 aliphatic rings. The van der Waals surface area contributed by atoms with E-state index in [9.17, 15) is 4.79 Å². The number of hydrogen-bond acceptors (Lipinski definition) is 3. The van der Waals surface area contributed by atoms with Crippen LogP contribution in [0.2, 0.25) is 0 Å². The lowest BCUT2D eigenvalue weighted by Crippen LogP contribution is -2.33. The number of ether oxygens (including phenoxy) is 1. The molecule has 128 valence electrons. The molecule has 0 fully saturated rings. The molecule has 0 saturated heterocycles. The molecule has 1 unspecified atom stereocenters. The fraction of sp³-hybridized carbons (Fsp3) is 0.350. The predicted molar refractivity (Wildman–Crippen MR) is 101 cm³/mol. The molecule has 2 aromatic rings. The van der Waals surface area contributed by atoms with Crippen molar-refractivity contribution in [1.29, 1.82) is 0 Å². The van der Waals surface area contributed by atoms with Crippen molar-refractivity contribution >= 4 is 17.7 Å². The summed E-state index contributed by atoms with van der Waals surface area (Å²) in [5.41, 5.74) is 3.58. The molecule has 0 aromatic heterocycles. The van der Waals surface area contributed by atoms with Gasteiger partial charge in [-0.25, -0.2) is 0 Å². The molecule has 0 bridgehead atoms. The van der Waals surface area contributed by atoms with Gasteiger partial charge in [0.05, 0.1) is 11.8 Å². The molecule has 0 spiro atoms. The van der Waals surface area contributed by atoms with Crippen LogP contribution >= 0.6 is 11.8 Å². The van der Waals surface area contributed by atoms with E-state index < -0.39 is 0 Å². The molecule has 24 heavy (non-hydrogen) atoms. The van der Waals surface area contributed by atoms with Gasteiger partial charge in [-0.1, -0.05) is 23.8 Å². The van der Waals surface area contributed by atoms with Gasteiger partial charge in [-0.15, -0.1) is 11.8 Å². The molecule has 2 rings (SSSR count). The first-order valence-corrected chi connectivity index (χ1v) is 9.04. The first-order chi connectivity index (χ1) is 11.4. The van der Waals surface area contributed by atoms with Crippen LogP contribution in [0.1, 0.15) is 23.6 Å². The van der Waals surface area contributed by atoms with E-state index in [0.717, 1.165) is 10.6 Å². The fourth-order valence-electron chi connectivity index (χ4n) is 2.38. The number of amides is 1. The Balaban J connectivity index is 1.73. The highest BCUT2D eigenvalue weighted by Gasteiger charge is 2.13. The number of nitrogens with one attached hydrogen (secondary N) is 1. The Labute approximate surface area is 148 Å². The van der Waals surface area contributed by atoms with Gasteiger partial charge in [-0.2, -0.15) is 0 Å². The molecule has 4 heteroatoms. The summed E-state index contributed by atoms with van der Waals surface area (Å²) in [5, 5.41) is 2.80. The maximum absolute atomic E-state index is 12.1. The summed E-state index contributed by atoms with van der Waals surface area (Å²) < 4.78 is 5.71. The van der Waals surface area contributed by atoms with Crippen LogP contribution in [0.3, 0.4) is 0 Å². The summed E-state index contributed by atoms with van der Waals surface area (Å²) in [6.07, 6.45) is 0. The molecular weight excluding hydrogens is 318 g/mol. The molecule has 0 aliphatic heterocycles. The highest BCUT2D eigenvalue weighted by molar-refractivity contribution is 8.00. The Hall–Kier alpha value is -1.94. The van der Waals surface area contributed by atoms with Gasteiger partial charge in [0.2, 0.25) is 5.91 Å². The van der Waals surface area contributed by atoms with Crippen LogP contribution in [0.25, 0.3) is 0 Å². The van der Waals surface area contributed by atoms with Crippen molar-refractivity contribution in [2.45, 2.75) is 37.8 Å². The zero-order chi connectivity index (χ0) is 17.5. The lowest BCUT2D eigenvalue weighted by Gasteiger charge is -2.13. The van der Waals surface area contributed by atoms with Crippen LogP contribution < -0.4 is 10.1 Å². The Kier molecular flexibility index (Phi) is 6.73. The number of thioether (sulfide) groups is 1. The molecule has 0 radical (unpaired) electrons. The quantitative estimate of drug-likeness (QED) is 0.602. The van der Waals surface area contributed by atoms with Crippen LogP contribution in [0, 0.1) is 20.8 Å². The summed E-state index contributed by atoms with van der Waals surface area (Å²) in [7, 11) is 0. The minimum atomic E-state index is -0.131. The number of rotatable bonds is 7. The third-order valence-electron chi connectivity index (χ3n) is 3.57. The second-order valence-electron chi connectivity index (χ2n) is 6.04. The van der Waals surface area contributed by atoms with Crippen molar-refractivity contribution < 1.29 is 9.53 Å². The SMILES string of the molecule is Cc1ccc(SC(C)C(=O)NCCOc2cc(C)cc(C)c2)cc1. The standard InChI is InChI=1S/C20H25NO2S/c1-14-5-7-19(8-6-14)24-17(4)20(22)21-9-10-23-18-12-15(2)11-16(3)13-18/h5-8,11-13,17H,9-10H2,1-4H3,(H,21,22). The molecule has 0 heterocycles. The minimum Gasteiger partial charge on any atom is -0.492 e. The van der Waals surface area contributed by atoms with Crippen LogP contribution in [-0.2, 0) is 4.79 Å². The van der Waals surface area contributed by atoms with Crippen LogP contribution in [0.15, 0.2) is 47.4 Å². The monoisotopic (exact) mass is 343 g/mol. The molecule has 3 nitrogen and oxygen atoms in total. The first kappa shape index (κ1) is 18.4. The van der Waals surface area contributed by atoms with Crippen molar-refractivity contribution in [3.63, 3.8) is 0 Å². The largest absolute Gasteiger partial charge is 0.492 e.